The van der Waals surface area contributed by atoms with Crippen molar-refractivity contribution >= 4 is 16.0 Å². The van der Waals surface area contributed by atoms with Crippen molar-refractivity contribution in [2.45, 2.75) is 12.7 Å². The summed E-state index contributed by atoms with van der Waals surface area (Å²) in [6.45, 7) is 1.89. The fraction of sp³-hybridized carbons (Fsp3) is 0.300. The first-order valence-corrected chi connectivity index (χ1v) is 6.53. The zero-order valence-corrected chi connectivity index (χ0v) is 10.0. The van der Waals surface area contributed by atoms with Gasteiger partial charge in [0, 0.05) is 0 Å². The van der Waals surface area contributed by atoms with E-state index in [-0.39, 0.29) is 17.9 Å². The minimum Gasteiger partial charge on any atom is -0.478 e. The van der Waals surface area contributed by atoms with E-state index >= 15 is 0 Å². The Hall–Kier alpha value is -1.44. The summed E-state index contributed by atoms with van der Waals surface area (Å²) in [5, 5.41) is 8.67. The first-order chi connectivity index (χ1) is 7.94. The van der Waals surface area contributed by atoms with Crippen LogP contribution in [0.3, 0.4) is 0 Å². The molecule has 0 aromatic heterocycles. The second kappa shape index (κ2) is 5.76. The number of benzene rings is 1. The number of carboxylic acids is 1. The first-order valence-electron chi connectivity index (χ1n) is 4.88. The van der Waals surface area contributed by atoms with E-state index in [0.29, 0.717) is 5.56 Å². The van der Waals surface area contributed by atoms with E-state index < -0.39 is 16.0 Å². The van der Waals surface area contributed by atoms with Crippen molar-refractivity contribution in [1.82, 2.24) is 4.89 Å². The van der Waals surface area contributed by atoms with Crippen LogP contribution in [0.15, 0.2) is 24.3 Å². The molecule has 0 amide bonds. The highest BCUT2D eigenvalue weighted by atomic mass is 32.2. The molecule has 0 spiro atoms. The van der Waals surface area contributed by atoms with Gasteiger partial charge in [-0.1, -0.05) is 17.0 Å². The molecule has 2 N–H and O–H groups in total. The van der Waals surface area contributed by atoms with Crippen LogP contribution in [0.4, 0.5) is 0 Å². The van der Waals surface area contributed by atoms with E-state index in [1.807, 2.05) is 4.89 Å². The molecule has 0 unspecified atom stereocenters. The van der Waals surface area contributed by atoms with Crippen LogP contribution in [0.1, 0.15) is 22.8 Å². The normalized spacial score (nSPS) is 11.4. The maximum atomic E-state index is 11.4. The molecule has 0 aliphatic heterocycles. The number of rotatable bonds is 6. The second-order valence-corrected chi connectivity index (χ2v) is 4.96. The number of nitrogens with one attached hydrogen (secondary N) is 1. The van der Waals surface area contributed by atoms with E-state index in [0.717, 1.165) is 0 Å². The largest absolute Gasteiger partial charge is 0.478 e. The molecule has 0 saturated carbocycles. The van der Waals surface area contributed by atoms with Crippen molar-refractivity contribution in [3.8, 4) is 0 Å². The highest BCUT2D eigenvalue weighted by Crippen LogP contribution is 2.07. The zero-order chi connectivity index (χ0) is 12.9. The van der Waals surface area contributed by atoms with Crippen LogP contribution < -0.4 is 4.89 Å². The highest BCUT2D eigenvalue weighted by Gasteiger charge is 2.11. The fourth-order valence-electron chi connectivity index (χ4n) is 1.14. The lowest BCUT2D eigenvalue weighted by Gasteiger charge is -2.05. The topological polar surface area (TPSA) is 92.7 Å². The Morgan fingerprint density at radius 3 is 2.41 bits per heavy atom. The van der Waals surface area contributed by atoms with Crippen LogP contribution in [0.2, 0.25) is 0 Å². The predicted molar refractivity (Wildman–Crippen MR) is 60.8 cm³/mol. The van der Waals surface area contributed by atoms with Crippen molar-refractivity contribution < 1.29 is 23.2 Å². The van der Waals surface area contributed by atoms with Gasteiger partial charge in [0.1, 0.15) is 0 Å². The van der Waals surface area contributed by atoms with Gasteiger partial charge in [-0.05, 0) is 24.6 Å². The number of carbonyl (C=O) groups is 1. The molecule has 1 aromatic carbocycles. The molecular formula is C10H13NO5S. The molecule has 0 fully saturated rings. The Kier molecular flexibility index (Phi) is 4.62. The molecule has 1 aromatic rings. The van der Waals surface area contributed by atoms with Gasteiger partial charge >= 0.3 is 5.97 Å². The molecule has 7 heteroatoms. The number of aromatic carboxylic acids is 1. The lowest BCUT2D eigenvalue weighted by molar-refractivity contribution is 0.0697. The lowest BCUT2D eigenvalue weighted by Crippen LogP contribution is -2.25. The summed E-state index contributed by atoms with van der Waals surface area (Å²) in [5.74, 6) is -1.31. The minimum atomic E-state index is -3.55. The predicted octanol–water partition coefficient (Wildman–Crippen LogP) is 0.756. The summed E-state index contributed by atoms with van der Waals surface area (Å²) in [6.07, 6.45) is 0. The van der Waals surface area contributed by atoms with Gasteiger partial charge in [-0.15, -0.1) is 0 Å². The molecule has 94 valence electrons. The third kappa shape index (κ3) is 4.51. The summed E-state index contributed by atoms with van der Waals surface area (Å²) in [5.41, 5.74) is 0.603. The molecule has 0 aliphatic carbocycles. The van der Waals surface area contributed by atoms with Crippen LogP contribution >= 0.6 is 0 Å². The van der Waals surface area contributed by atoms with Gasteiger partial charge < -0.3 is 5.11 Å². The summed E-state index contributed by atoms with van der Waals surface area (Å²) in [4.78, 5) is 17.1. The Bertz CT molecular complexity index is 480. The Balaban J connectivity index is 2.72. The Labute approximate surface area is 99.2 Å². The van der Waals surface area contributed by atoms with Crippen molar-refractivity contribution in [3.63, 3.8) is 0 Å². The smallest absolute Gasteiger partial charge is 0.335 e. The maximum absolute atomic E-state index is 11.4. The number of carboxylic acid groups (broad SMARTS) is 1. The SMILES string of the molecule is CCONS(=O)(=O)Cc1ccc(C(=O)O)cc1. The molecule has 0 aliphatic rings. The molecular weight excluding hydrogens is 246 g/mol. The van der Waals surface area contributed by atoms with Crippen molar-refractivity contribution in [3.05, 3.63) is 35.4 Å². The minimum absolute atomic E-state index is 0.115. The fourth-order valence-corrected chi connectivity index (χ4v) is 2.13. The monoisotopic (exact) mass is 259 g/mol. The average Bonchev–Trinajstić information content (AvgIpc) is 2.26. The lowest BCUT2D eigenvalue weighted by atomic mass is 10.1. The quantitative estimate of drug-likeness (QED) is 0.735. The van der Waals surface area contributed by atoms with Crippen LogP contribution in [-0.4, -0.2) is 26.1 Å². The molecule has 17 heavy (non-hydrogen) atoms. The van der Waals surface area contributed by atoms with E-state index in [9.17, 15) is 13.2 Å². The van der Waals surface area contributed by atoms with Crippen molar-refractivity contribution in [2.75, 3.05) is 6.61 Å². The number of hydrogen-bond donors (Lipinski definition) is 2. The second-order valence-electron chi connectivity index (χ2n) is 3.28. The van der Waals surface area contributed by atoms with E-state index in [1.165, 1.54) is 24.3 Å². The summed E-state index contributed by atoms with van der Waals surface area (Å²) in [7, 11) is -3.55. The van der Waals surface area contributed by atoms with Crippen LogP contribution in [0, 0.1) is 0 Å². The summed E-state index contributed by atoms with van der Waals surface area (Å²) in [6, 6.07) is 5.62. The Morgan fingerprint density at radius 1 is 1.35 bits per heavy atom. The van der Waals surface area contributed by atoms with Gasteiger partial charge in [0.05, 0.1) is 17.9 Å². The maximum Gasteiger partial charge on any atom is 0.335 e. The van der Waals surface area contributed by atoms with E-state index in [2.05, 4.69) is 4.84 Å². The number of sulfonamides is 1. The molecule has 6 nitrogen and oxygen atoms in total. The molecule has 0 heterocycles. The van der Waals surface area contributed by atoms with Crippen LogP contribution in [0.5, 0.6) is 0 Å². The average molecular weight is 259 g/mol. The molecule has 0 atom stereocenters. The van der Waals surface area contributed by atoms with Gasteiger partial charge in [0.2, 0.25) is 10.0 Å². The van der Waals surface area contributed by atoms with Gasteiger partial charge in [-0.25, -0.2) is 13.2 Å². The van der Waals surface area contributed by atoms with Gasteiger partial charge in [-0.3, -0.25) is 4.84 Å². The first kappa shape index (κ1) is 13.6. The third-order valence-corrected chi connectivity index (χ3v) is 2.97. The molecule has 0 bridgehead atoms. The molecule has 0 saturated heterocycles. The van der Waals surface area contributed by atoms with Gasteiger partial charge in [0.15, 0.2) is 0 Å². The van der Waals surface area contributed by atoms with Gasteiger partial charge in [0.25, 0.3) is 0 Å². The van der Waals surface area contributed by atoms with Crippen molar-refractivity contribution in [2.24, 2.45) is 0 Å². The van der Waals surface area contributed by atoms with Crippen molar-refractivity contribution in [1.29, 1.82) is 0 Å². The van der Waals surface area contributed by atoms with Crippen LogP contribution in [-0.2, 0) is 20.6 Å². The third-order valence-electron chi connectivity index (χ3n) is 1.89. The van der Waals surface area contributed by atoms with E-state index in [1.54, 1.807) is 6.92 Å². The molecule has 1 rings (SSSR count). The molecule has 0 radical (unpaired) electrons. The summed E-state index contributed by atoms with van der Waals surface area (Å²) < 4.78 is 22.9. The Morgan fingerprint density at radius 2 is 1.94 bits per heavy atom. The van der Waals surface area contributed by atoms with E-state index in [4.69, 9.17) is 5.11 Å². The summed E-state index contributed by atoms with van der Waals surface area (Å²) >= 11 is 0. The van der Waals surface area contributed by atoms with Crippen LogP contribution in [0.25, 0.3) is 0 Å². The zero-order valence-electron chi connectivity index (χ0n) is 9.21. The highest BCUT2D eigenvalue weighted by molar-refractivity contribution is 7.88. The van der Waals surface area contributed by atoms with Gasteiger partial charge in [-0.2, -0.15) is 0 Å². The standard InChI is InChI=1S/C10H13NO5S/c1-2-16-11-17(14,15)7-8-3-5-9(6-4-8)10(12)13/h3-6,11H,2,7H2,1H3,(H,12,13). The number of hydrogen-bond acceptors (Lipinski definition) is 4.